The van der Waals surface area contributed by atoms with E-state index in [9.17, 15) is 0 Å². The van der Waals surface area contributed by atoms with Crippen LogP contribution in [0.4, 0.5) is 11.6 Å². The molecule has 0 aromatic carbocycles. The van der Waals surface area contributed by atoms with E-state index in [1.54, 1.807) is 0 Å². The second-order valence-corrected chi connectivity index (χ2v) is 5.86. The first-order valence-corrected chi connectivity index (χ1v) is 6.72. The maximum Gasteiger partial charge on any atom is 0.168 e. The largest absolute Gasteiger partial charge is 0.382 e. The van der Waals surface area contributed by atoms with Crippen molar-refractivity contribution < 1.29 is 0 Å². The molecule has 4 atom stereocenters. The molecule has 4 unspecified atom stereocenters. The van der Waals surface area contributed by atoms with Crippen molar-refractivity contribution >= 4 is 11.6 Å². The smallest absolute Gasteiger partial charge is 0.168 e. The molecule has 17 heavy (non-hydrogen) atoms. The third-order valence-corrected chi connectivity index (χ3v) is 4.65. The summed E-state index contributed by atoms with van der Waals surface area (Å²) in [6.07, 6.45) is 5.72. The van der Waals surface area contributed by atoms with E-state index in [0.717, 1.165) is 29.4 Å². The Labute approximate surface area is 102 Å². The van der Waals surface area contributed by atoms with Gasteiger partial charge in [0.15, 0.2) is 5.82 Å². The summed E-state index contributed by atoms with van der Waals surface area (Å²) in [5.74, 6) is 5.11. The van der Waals surface area contributed by atoms with E-state index in [4.69, 9.17) is 5.73 Å². The van der Waals surface area contributed by atoms with Crippen LogP contribution in [0.5, 0.6) is 0 Å². The van der Waals surface area contributed by atoms with Gasteiger partial charge in [-0.25, -0.2) is 4.98 Å². The summed E-state index contributed by atoms with van der Waals surface area (Å²) in [5, 5.41) is 3.49. The van der Waals surface area contributed by atoms with Crippen molar-refractivity contribution in [3.63, 3.8) is 0 Å². The van der Waals surface area contributed by atoms with Crippen LogP contribution in [-0.4, -0.2) is 16.0 Å². The molecule has 2 bridgehead atoms. The van der Waals surface area contributed by atoms with Gasteiger partial charge in [0, 0.05) is 6.04 Å². The second kappa shape index (κ2) is 3.93. The zero-order valence-corrected chi connectivity index (χ0v) is 10.7. The van der Waals surface area contributed by atoms with Crippen LogP contribution in [0.3, 0.4) is 0 Å². The number of hydrogen-bond acceptors (Lipinski definition) is 3. The average Bonchev–Trinajstić information content (AvgIpc) is 2.94. The van der Waals surface area contributed by atoms with Gasteiger partial charge in [0.1, 0.15) is 11.6 Å². The third-order valence-electron chi connectivity index (χ3n) is 4.65. The van der Waals surface area contributed by atoms with E-state index in [1.165, 1.54) is 25.7 Å². The van der Waals surface area contributed by atoms with Crippen LogP contribution < -0.4 is 11.1 Å². The third kappa shape index (κ3) is 1.90. The summed E-state index contributed by atoms with van der Waals surface area (Å²) >= 11 is 0. The predicted molar refractivity (Wildman–Crippen MR) is 69.8 cm³/mol. The van der Waals surface area contributed by atoms with Gasteiger partial charge in [0.2, 0.25) is 0 Å². The Morgan fingerprint density at radius 2 is 2.24 bits per heavy atom. The normalized spacial score (nSPS) is 32.9. The van der Waals surface area contributed by atoms with Crippen molar-refractivity contribution in [2.75, 3.05) is 11.1 Å². The maximum atomic E-state index is 5.88. The second-order valence-electron chi connectivity index (χ2n) is 5.86. The van der Waals surface area contributed by atoms with Crippen LogP contribution >= 0.6 is 0 Å². The van der Waals surface area contributed by atoms with Gasteiger partial charge in [0.05, 0.1) is 0 Å². The van der Waals surface area contributed by atoms with Gasteiger partial charge in [-0.2, -0.15) is 0 Å². The molecule has 2 aliphatic rings. The first kappa shape index (κ1) is 10.9. The minimum Gasteiger partial charge on any atom is -0.382 e. The van der Waals surface area contributed by atoms with E-state index in [-0.39, 0.29) is 0 Å². The number of aryl methyl sites for hydroxylation is 1. The number of imidazole rings is 1. The van der Waals surface area contributed by atoms with E-state index in [2.05, 4.69) is 22.2 Å². The van der Waals surface area contributed by atoms with Crippen LogP contribution in [0.15, 0.2) is 0 Å². The fourth-order valence-corrected chi connectivity index (χ4v) is 3.85. The number of fused-ring (bicyclic) bond motifs is 2. The van der Waals surface area contributed by atoms with Gasteiger partial charge in [-0.1, -0.05) is 6.42 Å². The Hall–Kier alpha value is -1.19. The molecule has 1 aromatic heterocycles. The molecule has 3 rings (SSSR count). The zero-order valence-electron chi connectivity index (χ0n) is 10.7. The summed E-state index contributed by atoms with van der Waals surface area (Å²) in [6, 6.07) is 0.482. The quantitative estimate of drug-likeness (QED) is 0.753. The van der Waals surface area contributed by atoms with Crippen LogP contribution in [-0.2, 0) is 0 Å². The van der Waals surface area contributed by atoms with Gasteiger partial charge < -0.3 is 16.0 Å². The van der Waals surface area contributed by atoms with Crippen molar-refractivity contribution in [3.8, 4) is 0 Å². The number of nitrogen functional groups attached to an aromatic ring is 1. The van der Waals surface area contributed by atoms with Crippen LogP contribution in [0.1, 0.15) is 38.4 Å². The highest BCUT2D eigenvalue weighted by Gasteiger charge is 2.41. The molecule has 0 radical (unpaired) electrons. The number of aromatic nitrogens is 2. The number of hydrogen-bond donors (Lipinski definition) is 3. The van der Waals surface area contributed by atoms with Crippen molar-refractivity contribution in [2.45, 2.75) is 45.6 Å². The van der Waals surface area contributed by atoms with Gasteiger partial charge >= 0.3 is 0 Å². The van der Waals surface area contributed by atoms with Gasteiger partial charge in [-0.3, -0.25) is 0 Å². The molecular weight excluding hydrogens is 212 g/mol. The molecule has 94 valence electrons. The lowest BCUT2D eigenvalue weighted by molar-refractivity contribution is 0.304. The number of aromatic amines is 1. The Kier molecular flexibility index (Phi) is 2.53. The van der Waals surface area contributed by atoms with Crippen LogP contribution in [0.2, 0.25) is 0 Å². The van der Waals surface area contributed by atoms with Crippen LogP contribution in [0, 0.1) is 24.7 Å². The Morgan fingerprint density at radius 3 is 2.76 bits per heavy atom. The molecule has 2 saturated carbocycles. The number of H-pyrrole nitrogens is 1. The zero-order chi connectivity index (χ0) is 12.0. The van der Waals surface area contributed by atoms with E-state index in [0.29, 0.717) is 11.9 Å². The number of anilines is 2. The van der Waals surface area contributed by atoms with Gasteiger partial charge in [0.25, 0.3) is 0 Å². The molecule has 4 heteroatoms. The van der Waals surface area contributed by atoms with Crippen molar-refractivity contribution in [2.24, 2.45) is 17.8 Å². The number of rotatable bonds is 3. The highest BCUT2D eigenvalue weighted by Crippen LogP contribution is 2.49. The Morgan fingerprint density at radius 1 is 1.41 bits per heavy atom. The summed E-state index contributed by atoms with van der Waals surface area (Å²) in [4.78, 5) is 7.43. The monoisotopic (exact) mass is 234 g/mol. The lowest BCUT2D eigenvalue weighted by Crippen LogP contribution is -2.30. The molecule has 4 N–H and O–H groups in total. The summed E-state index contributed by atoms with van der Waals surface area (Å²) in [7, 11) is 0. The predicted octanol–water partition coefficient (Wildman–Crippen LogP) is 2.54. The number of nitrogens with two attached hydrogens (primary N) is 1. The van der Waals surface area contributed by atoms with Crippen molar-refractivity contribution in [1.82, 2.24) is 9.97 Å². The number of nitrogens with one attached hydrogen (secondary N) is 2. The minimum absolute atomic E-state index is 0.482. The topological polar surface area (TPSA) is 66.7 Å². The fraction of sp³-hybridized carbons (Fsp3) is 0.769. The molecule has 0 aliphatic heterocycles. The van der Waals surface area contributed by atoms with E-state index in [1.807, 2.05) is 6.92 Å². The molecular formula is C13H22N4. The van der Waals surface area contributed by atoms with Crippen molar-refractivity contribution in [3.05, 3.63) is 5.82 Å². The standard InChI is InChI=1S/C13H22N4/c1-7(11-6-9-3-4-10(11)5-9)15-13-12(14)16-8(2)17-13/h7,9-11,15H,3-6,14H2,1-2H3,(H,16,17). The molecule has 4 nitrogen and oxygen atoms in total. The van der Waals surface area contributed by atoms with Gasteiger partial charge in [-0.05, 0) is 50.9 Å². The summed E-state index contributed by atoms with van der Waals surface area (Å²) in [5.41, 5.74) is 5.88. The molecule has 2 aliphatic carbocycles. The lowest BCUT2D eigenvalue weighted by Gasteiger charge is -2.28. The minimum atomic E-state index is 0.482. The first-order valence-electron chi connectivity index (χ1n) is 6.72. The molecule has 0 spiro atoms. The number of nitrogens with zero attached hydrogens (tertiary/aromatic N) is 1. The maximum absolute atomic E-state index is 5.88. The lowest BCUT2D eigenvalue weighted by atomic mass is 9.84. The highest BCUT2D eigenvalue weighted by atomic mass is 15.1. The Balaban J connectivity index is 1.67. The summed E-state index contributed by atoms with van der Waals surface area (Å²) in [6.45, 7) is 4.21. The molecule has 0 amide bonds. The average molecular weight is 234 g/mol. The first-order chi connectivity index (χ1) is 8.13. The van der Waals surface area contributed by atoms with Crippen molar-refractivity contribution in [1.29, 1.82) is 0 Å². The van der Waals surface area contributed by atoms with E-state index >= 15 is 0 Å². The highest BCUT2D eigenvalue weighted by molar-refractivity contribution is 5.57. The summed E-state index contributed by atoms with van der Waals surface area (Å²) < 4.78 is 0. The Bertz CT molecular complexity index is 412. The van der Waals surface area contributed by atoms with Gasteiger partial charge in [-0.15, -0.1) is 0 Å². The fourth-order valence-electron chi connectivity index (χ4n) is 3.85. The SMILES string of the molecule is Cc1nc(NC(C)C2CC3CCC2C3)c(N)[nH]1. The molecule has 1 heterocycles. The molecule has 2 fully saturated rings. The molecule has 0 saturated heterocycles. The van der Waals surface area contributed by atoms with E-state index < -0.39 is 0 Å². The molecule has 1 aromatic rings. The van der Waals surface area contributed by atoms with Crippen LogP contribution in [0.25, 0.3) is 0 Å².